The van der Waals surface area contributed by atoms with Crippen LogP contribution in [0.1, 0.15) is 12.8 Å². The Hall–Kier alpha value is -1.25. The van der Waals surface area contributed by atoms with Crippen LogP contribution in [0.25, 0.3) is 0 Å². The van der Waals surface area contributed by atoms with Gasteiger partial charge in [-0.05, 0) is 25.0 Å². The van der Waals surface area contributed by atoms with Gasteiger partial charge in [0.05, 0.1) is 11.4 Å². The molecule has 1 saturated carbocycles. The maximum absolute atomic E-state index is 13.4. The molecule has 2 N–H and O–H groups in total. The molecular weight excluding hydrogens is 167 g/mol. The molecule has 1 fully saturated rings. The Bertz CT molecular complexity index is 300. The lowest BCUT2D eigenvalue weighted by Crippen LogP contribution is -2.21. The van der Waals surface area contributed by atoms with Crippen LogP contribution in [0.2, 0.25) is 0 Å². The Morgan fingerprint density at radius 1 is 1.46 bits per heavy atom. The minimum absolute atomic E-state index is 0.227. The zero-order valence-electron chi connectivity index (χ0n) is 7.63. The lowest BCUT2D eigenvalue weighted by atomic mass is 10.2. The summed E-state index contributed by atoms with van der Waals surface area (Å²) in [7, 11) is 1.90. The van der Waals surface area contributed by atoms with E-state index < -0.39 is 0 Å². The first-order valence-corrected chi connectivity index (χ1v) is 4.47. The van der Waals surface area contributed by atoms with Crippen LogP contribution in [0.3, 0.4) is 0 Å². The van der Waals surface area contributed by atoms with Gasteiger partial charge >= 0.3 is 0 Å². The molecule has 0 amide bonds. The van der Waals surface area contributed by atoms with Crippen LogP contribution in [-0.4, -0.2) is 13.1 Å². The van der Waals surface area contributed by atoms with Gasteiger partial charge < -0.3 is 10.6 Å². The minimum atomic E-state index is -0.227. The number of nitrogen functional groups attached to an aromatic ring is 1. The van der Waals surface area contributed by atoms with Crippen molar-refractivity contribution in [1.82, 2.24) is 0 Å². The van der Waals surface area contributed by atoms with Crippen molar-refractivity contribution in [3.05, 3.63) is 24.0 Å². The largest absolute Gasteiger partial charge is 0.397 e. The van der Waals surface area contributed by atoms with Crippen LogP contribution in [0.4, 0.5) is 15.8 Å². The van der Waals surface area contributed by atoms with E-state index in [0.717, 1.165) is 12.8 Å². The van der Waals surface area contributed by atoms with Crippen molar-refractivity contribution in [3.63, 3.8) is 0 Å². The standard InChI is InChI=1S/C10H13FN2/c1-13(7-5-6-7)10-8(11)3-2-4-9(10)12/h2-4,7H,5-6,12H2,1H3. The van der Waals surface area contributed by atoms with Gasteiger partial charge in [0, 0.05) is 13.1 Å². The Morgan fingerprint density at radius 2 is 2.15 bits per heavy atom. The normalized spacial score (nSPS) is 15.8. The fourth-order valence-electron chi connectivity index (χ4n) is 1.55. The van der Waals surface area contributed by atoms with Crippen molar-refractivity contribution in [2.75, 3.05) is 17.7 Å². The number of hydrogen-bond acceptors (Lipinski definition) is 2. The van der Waals surface area contributed by atoms with E-state index in [0.29, 0.717) is 17.4 Å². The first-order valence-electron chi connectivity index (χ1n) is 4.47. The molecule has 0 aromatic heterocycles. The highest BCUT2D eigenvalue weighted by atomic mass is 19.1. The lowest BCUT2D eigenvalue weighted by molar-refractivity contribution is 0.623. The topological polar surface area (TPSA) is 29.3 Å². The smallest absolute Gasteiger partial charge is 0.148 e. The first-order chi connectivity index (χ1) is 6.20. The first kappa shape index (κ1) is 8.35. The third-order valence-electron chi connectivity index (χ3n) is 2.47. The molecule has 13 heavy (non-hydrogen) atoms. The van der Waals surface area contributed by atoms with E-state index in [2.05, 4.69) is 0 Å². The van der Waals surface area contributed by atoms with Gasteiger partial charge in [-0.15, -0.1) is 0 Å². The van der Waals surface area contributed by atoms with Gasteiger partial charge in [0.15, 0.2) is 0 Å². The molecule has 70 valence electrons. The summed E-state index contributed by atoms with van der Waals surface area (Å²) in [5.41, 5.74) is 6.78. The number of halogens is 1. The summed E-state index contributed by atoms with van der Waals surface area (Å²) in [4.78, 5) is 1.94. The van der Waals surface area contributed by atoms with Crippen LogP contribution in [0, 0.1) is 5.82 Å². The number of anilines is 2. The maximum Gasteiger partial charge on any atom is 0.148 e. The summed E-state index contributed by atoms with van der Waals surface area (Å²) in [5.74, 6) is -0.227. The molecule has 0 saturated heterocycles. The van der Waals surface area contributed by atoms with Crippen molar-refractivity contribution < 1.29 is 4.39 Å². The molecule has 1 aromatic rings. The van der Waals surface area contributed by atoms with Gasteiger partial charge in [0.1, 0.15) is 5.82 Å². The molecular formula is C10H13FN2. The third kappa shape index (κ3) is 1.46. The third-order valence-corrected chi connectivity index (χ3v) is 2.47. The quantitative estimate of drug-likeness (QED) is 0.705. The summed E-state index contributed by atoms with van der Waals surface area (Å²) >= 11 is 0. The molecule has 1 aromatic carbocycles. The van der Waals surface area contributed by atoms with E-state index in [9.17, 15) is 4.39 Å². The zero-order valence-corrected chi connectivity index (χ0v) is 7.63. The molecule has 1 aliphatic rings. The second-order valence-electron chi connectivity index (χ2n) is 3.52. The van der Waals surface area contributed by atoms with Gasteiger partial charge in [-0.25, -0.2) is 4.39 Å². The predicted octanol–water partition coefficient (Wildman–Crippen LogP) is 2.01. The summed E-state index contributed by atoms with van der Waals surface area (Å²) in [6, 6.07) is 5.30. The second-order valence-corrected chi connectivity index (χ2v) is 3.52. The Balaban J connectivity index is 2.36. The highest BCUT2D eigenvalue weighted by Crippen LogP contribution is 2.34. The van der Waals surface area contributed by atoms with Crippen molar-refractivity contribution in [2.45, 2.75) is 18.9 Å². The predicted molar refractivity (Wildman–Crippen MR) is 52.2 cm³/mol. The molecule has 0 unspecified atom stereocenters. The molecule has 0 atom stereocenters. The molecule has 3 heteroatoms. The van der Waals surface area contributed by atoms with E-state index in [1.807, 2.05) is 11.9 Å². The molecule has 0 aliphatic heterocycles. The zero-order chi connectivity index (χ0) is 9.42. The van der Waals surface area contributed by atoms with Crippen molar-refractivity contribution in [1.29, 1.82) is 0 Å². The molecule has 1 aliphatic carbocycles. The highest BCUT2D eigenvalue weighted by molar-refractivity contribution is 5.68. The number of para-hydroxylation sites is 1. The highest BCUT2D eigenvalue weighted by Gasteiger charge is 2.28. The molecule has 0 spiro atoms. The second kappa shape index (κ2) is 2.91. The fourth-order valence-corrected chi connectivity index (χ4v) is 1.55. The number of nitrogens with two attached hydrogens (primary N) is 1. The van der Waals surface area contributed by atoms with Crippen LogP contribution in [0.5, 0.6) is 0 Å². The summed E-state index contributed by atoms with van der Waals surface area (Å²) in [5, 5.41) is 0. The van der Waals surface area contributed by atoms with Gasteiger partial charge in [-0.1, -0.05) is 6.07 Å². The van der Waals surface area contributed by atoms with Gasteiger partial charge in [-0.3, -0.25) is 0 Å². The molecule has 0 bridgehead atoms. The van der Waals surface area contributed by atoms with E-state index in [1.54, 1.807) is 12.1 Å². The maximum atomic E-state index is 13.4. The van der Waals surface area contributed by atoms with E-state index in [1.165, 1.54) is 6.07 Å². The Labute approximate surface area is 77.2 Å². The van der Waals surface area contributed by atoms with Gasteiger partial charge in [-0.2, -0.15) is 0 Å². The molecule has 2 nitrogen and oxygen atoms in total. The van der Waals surface area contributed by atoms with Crippen LogP contribution < -0.4 is 10.6 Å². The lowest BCUT2D eigenvalue weighted by Gasteiger charge is -2.20. The van der Waals surface area contributed by atoms with Crippen LogP contribution in [0.15, 0.2) is 18.2 Å². The van der Waals surface area contributed by atoms with Crippen molar-refractivity contribution >= 4 is 11.4 Å². The Morgan fingerprint density at radius 3 is 2.69 bits per heavy atom. The monoisotopic (exact) mass is 180 g/mol. The molecule has 0 radical (unpaired) electrons. The number of hydrogen-bond donors (Lipinski definition) is 1. The number of nitrogens with zero attached hydrogens (tertiary/aromatic N) is 1. The number of rotatable bonds is 2. The van der Waals surface area contributed by atoms with Crippen LogP contribution in [-0.2, 0) is 0 Å². The summed E-state index contributed by atoms with van der Waals surface area (Å²) in [6.45, 7) is 0. The average Bonchev–Trinajstić information content (AvgIpc) is 2.85. The summed E-state index contributed by atoms with van der Waals surface area (Å²) in [6.07, 6.45) is 2.29. The molecule has 2 rings (SSSR count). The SMILES string of the molecule is CN(c1c(N)cccc1F)C1CC1. The Kier molecular flexibility index (Phi) is 1.87. The van der Waals surface area contributed by atoms with E-state index >= 15 is 0 Å². The van der Waals surface area contributed by atoms with E-state index in [-0.39, 0.29) is 5.82 Å². The minimum Gasteiger partial charge on any atom is -0.397 e. The fraction of sp³-hybridized carbons (Fsp3) is 0.400. The average molecular weight is 180 g/mol. The van der Waals surface area contributed by atoms with Gasteiger partial charge in [0.2, 0.25) is 0 Å². The van der Waals surface area contributed by atoms with Crippen molar-refractivity contribution in [2.24, 2.45) is 0 Å². The van der Waals surface area contributed by atoms with E-state index in [4.69, 9.17) is 5.73 Å². The van der Waals surface area contributed by atoms with Gasteiger partial charge in [0.25, 0.3) is 0 Å². The molecule has 0 heterocycles. The summed E-state index contributed by atoms with van der Waals surface area (Å²) < 4.78 is 13.4. The van der Waals surface area contributed by atoms with Crippen LogP contribution >= 0.6 is 0 Å². The number of benzene rings is 1. The van der Waals surface area contributed by atoms with Crippen molar-refractivity contribution in [3.8, 4) is 0 Å².